The first-order chi connectivity index (χ1) is 12.9. The molecular weight excluding hydrogens is 368 g/mol. The van der Waals surface area contributed by atoms with Gasteiger partial charge in [0.2, 0.25) is 21.8 Å². The Kier molecular flexibility index (Phi) is 4.81. The van der Waals surface area contributed by atoms with Crippen molar-refractivity contribution >= 4 is 27.5 Å². The Morgan fingerprint density at radius 2 is 2.00 bits per heavy atom. The normalized spacial score (nSPS) is 27.2. The van der Waals surface area contributed by atoms with Gasteiger partial charge in [-0.3, -0.25) is 9.59 Å². The smallest absolute Gasteiger partial charge is 0.244 e. The summed E-state index contributed by atoms with van der Waals surface area (Å²) in [5, 5.41) is 3.27. The van der Waals surface area contributed by atoms with Gasteiger partial charge in [-0.15, -0.1) is 0 Å². The van der Waals surface area contributed by atoms with Crippen molar-refractivity contribution in [3.63, 3.8) is 0 Å². The van der Waals surface area contributed by atoms with E-state index in [1.165, 1.54) is 0 Å². The maximum Gasteiger partial charge on any atom is 0.244 e. The molecule has 0 aliphatic carbocycles. The van der Waals surface area contributed by atoms with Gasteiger partial charge >= 0.3 is 0 Å². The number of fused-ring (bicyclic) bond motifs is 1. The Morgan fingerprint density at radius 3 is 2.78 bits per heavy atom. The van der Waals surface area contributed by atoms with Gasteiger partial charge in [0, 0.05) is 32.0 Å². The number of piperidine rings is 1. The Morgan fingerprint density at radius 1 is 1.19 bits per heavy atom. The van der Waals surface area contributed by atoms with Crippen molar-refractivity contribution in [2.75, 3.05) is 31.5 Å². The number of nitrogens with one attached hydrogen (secondary N) is 2. The van der Waals surface area contributed by atoms with Crippen LogP contribution in [-0.4, -0.2) is 62.4 Å². The largest absolute Gasteiger partial charge is 0.368 e. The fourth-order valence-electron chi connectivity index (χ4n) is 4.10. The highest BCUT2D eigenvalue weighted by atomic mass is 32.2. The molecule has 2 unspecified atom stereocenters. The van der Waals surface area contributed by atoms with E-state index in [1.807, 2.05) is 0 Å². The lowest BCUT2D eigenvalue weighted by Crippen LogP contribution is -2.55. The summed E-state index contributed by atoms with van der Waals surface area (Å²) in [5.74, 6) is -0.0515. The van der Waals surface area contributed by atoms with E-state index in [9.17, 15) is 18.0 Å². The number of benzene rings is 1. The summed E-state index contributed by atoms with van der Waals surface area (Å²) in [6.07, 6.45) is 2.51. The second-order valence-corrected chi connectivity index (χ2v) is 9.08. The third kappa shape index (κ3) is 3.66. The Hall–Kier alpha value is -2.13. The van der Waals surface area contributed by atoms with E-state index in [-0.39, 0.29) is 29.2 Å². The van der Waals surface area contributed by atoms with E-state index in [2.05, 4.69) is 10.0 Å². The van der Waals surface area contributed by atoms with Crippen molar-refractivity contribution in [3.05, 3.63) is 24.3 Å². The van der Waals surface area contributed by atoms with Gasteiger partial charge in [0.25, 0.3) is 0 Å². The fourth-order valence-corrected chi connectivity index (χ4v) is 5.49. The minimum absolute atomic E-state index is 0.0277. The lowest BCUT2D eigenvalue weighted by molar-refractivity contribution is -0.139. The van der Waals surface area contributed by atoms with Gasteiger partial charge in [-0.05, 0) is 31.4 Å². The van der Waals surface area contributed by atoms with Crippen LogP contribution in [-0.2, 0) is 19.6 Å². The summed E-state index contributed by atoms with van der Waals surface area (Å²) in [6.45, 7) is 1.89. The van der Waals surface area contributed by atoms with Gasteiger partial charge in [-0.25, -0.2) is 8.42 Å². The highest BCUT2D eigenvalue weighted by Crippen LogP contribution is 2.30. The summed E-state index contributed by atoms with van der Waals surface area (Å²) in [5.41, 5.74) is 0.590. The number of hydrogen-bond acceptors (Lipinski definition) is 5. The molecule has 2 atom stereocenters. The topological polar surface area (TPSA) is 98.8 Å². The van der Waals surface area contributed by atoms with Crippen molar-refractivity contribution in [2.24, 2.45) is 5.92 Å². The lowest BCUT2D eigenvalue weighted by Gasteiger charge is -2.40. The molecule has 3 aliphatic heterocycles. The number of sulfonamides is 1. The molecule has 2 fully saturated rings. The van der Waals surface area contributed by atoms with E-state index in [4.69, 9.17) is 0 Å². The first-order valence-corrected chi connectivity index (χ1v) is 10.9. The van der Waals surface area contributed by atoms with Gasteiger partial charge in [0.15, 0.2) is 0 Å². The molecule has 27 heavy (non-hydrogen) atoms. The molecule has 3 heterocycles. The van der Waals surface area contributed by atoms with Crippen LogP contribution in [0, 0.1) is 5.92 Å². The van der Waals surface area contributed by atoms with Crippen molar-refractivity contribution in [3.8, 4) is 0 Å². The monoisotopic (exact) mass is 392 g/mol. The highest BCUT2D eigenvalue weighted by Gasteiger charge is 2.37. The average molecular weight is 392 g/mol. The number of carbonyl (C=O) groups is 2. The standard InChI is InChI=1S/C18H24N4O4S/c23-16-8-4-10-22(16)12-17(24)21-9-3-5-13(11-21)18-19-14-6-1-2-7-15(14)27(25,26)20-18/h1-2,6-7,13,18-20H,3-5,8-12H2. The minimum Gasteiger partial charge on any atom is -0.368 e. The molecule has 3 aliphatic rings. The number of nitrogens with zero attached hydrogens (tertiary/aromatic N) is 2. The van der Waals surface area contributed by atoms with Gasteiger partial charge < -0.3 is 15.1 Å². The van der Waals surface area contributed by atoms with Crippen molar-refractivity contribution in [2.45, 2.75) is 36.7 Å². The fraction of sp³-hybridized carbons (Fsp3) is 0.556. The molecule has 0 spiro atoms. The van der Waals surface area contributed by atoms with Gasteiger partial charge in [0.05, 0.1) is 18.4 Å². The minimum atomic E-state index is -3.57. The Bertz CT molecular complexity index is 857. The second kappa shape index (κ2) is 7.12. The Balaban J connectivity index is 1.44. The van der Waals surface area contributed by atoms with Crippen LogP contribution in [0.4, 0.5) is 5.69 Å². The summed E-state index contributed by atoms with van der Waals surface area (Å²) < 4.78 is 27.8. The summed E-state index contributed by atoms with van der Waals surface area (Å²) in [4.78, 5) is 28.0. The molecule has 0 aromatic heterocycles. The number of anilines is 1. The molecule has 146 valence electrons. The van der Waals surface area contributed by atoms with Crippen LogP contribution in [0.1, 0.15) is 25.7 Å². The van der Waals surface area contributed by atoms with E-state index in [0.717, 1.165) is 19.3 Å². The summed E-state index contributed by atoms with van der Waals surface area (Å²) >= 11 is 0. The van der Waals surface area contributed by atoms with Crippen LogP contribution < -0.4 is 10.0 Å². The quantitative estimate of drug-likeness (QED) is 0.784. The van der Waals surface area contributed by atoms with Gasteiger partial charge in [-0.2, -0.15) is 4.72 Å². The number of likely N-dealkylation sites (tertiary alicyclic amines) is 2. The van der Waals surface area contributed by atoms with Crippen LogP contribution >= 0.6 is 0 Å². The molecular formula is C18H24N4O4S. The molecule has 0 saturated carbocycles. The zero-order valence-corrected chi connectivity index (χ0v) is 15.9. The molecule has 9 heteroatoms. The van der Waals surface area contributed by atoms with Crippen LogP contribution in [0.2, 0.25) is 0 Å². The zero-order chi connectivity index (χ0) is 19.0. The predicted molar refractivity (Wildman–Crippen MR) is 99.3 cm³/mol. The predicted octanol–water partition coefficient (Wildman–Crippen LogP) is 0.578. The van der Waals surface area contributed by atoms with Gasteiger partial charge in [0.1, 0.15) is 4.90 Å². The molecule has 1 aromatic carbocycles. The molecule has 0 radical (unpaired) electrons. The molecule has 4 rings (SSSR count). The number of rotatable bonds is 3. The van der Waals surface area contributed by atoms with E-state index >= 15 is 0 Å². The highest BCUT2D eigenvalue weighted by molar-refractivity contribution is 7.89. The van der Waals surface area contributed by atoms with Crippen LogP contribution in [0.5, 0.6) is 0 Å². The molecule has 2 saturated heterocycles. The SMILES string of the molecule is O=C1CCCN1CC(=O)N1CCCC(C2Nc3ccccc3S(=O)(=O)N2)C1. The maximum atomic E-state index is 12.6. The first kappa shape index (κ1) is 18.2. The number of para-hydroxylation sites is 1. The average Bonchev–Trinajstić information content (AvgIpc) is 3.06. The van der Waals surface area contributed by atoms with Crippen LogP contribution in [0.3, 0.4) is 0 Å². The van der Waals surface area contributed by atoms with Crippen LogP contribution in [0.25, 0.3) is 0 Å². The van der Waals surface area contributed by atoms with Crippen molar-refractivity contribution in [1.82, 2.24) is 14.5 Å². The molecule has 2 amide bonds. The second-order valence-electron chi connectivity index (χ2n) is 7.40. The zero-order valence-electron chi connectivity index (χ0n) is 15.1. The molecule has 8 nitrogen and oxygen atoms in total. The van der Waals surface area contributed by atoms with E-state index in [0.29, 0.717) is 31.7 Å². The third-order valence-electron chi connectivity index (χ3n) is 5.55. The van der Waals surface area contributed by atoms with Crippen molar-refractivity contribution < 1.29 is 18.0 Å². The number of carbonyl (C=O) groups excluding carboxylic acids is 2. The molecule has 0 bridgehead atoms. The summed E-state index contributed by atoms with van der Waals surface area (Å²) in [6, 6.07) is 6.82. The van der Waals surface area contributed by atoms with Crippen molar-refractivity contribution in [1.29, 1.82) is 0 Å². The van der Waals surface area contributed by atoms with Gasteiger partial charge in [-0.1, -0.05) is 12.1 Å². The number of amides is 2. The molecule has 1 aromatic rings. The lowest BCUT2D eigenvalue weighted by atomic mass is 9.94. The first-order valence-electron chi connectivity index (χ1n) is 9.37. The third-order valence-corrected chi connectivity index (χ3v) is 7.05. The van der Waals surface area contributed by atoms with E-state index in [1.54, 1.807) is 34.1 Å². The van der Waals surface area contributed by atoms with E-state index < -0.39 is 16.2 Å². The number of hydrogen-bond donors (Lipinski definition) is 2. The maximum absolute atomic E-state index is 12.6. The summed E-state index contributed by atoms with van der Waals surface area (Å²) in [7, 11) is -3.57. The molecule has 2 N–H and O–H groups in total. The Labute approximate surface area is 158 Å². The van der Waals surface area contributed by atoms with Crippen LogP contribution in [0.15, 0.2) is 29.2 Å².